The van der Waals surface area contributed by atoms with Crippen LogP contribution in [-0.2, 0) is 58.4 Å². The average molecular weight is 708 g/mol. The first-order valence-corrected chi connectivity index (χ1v) is 17.2. The summed E-state index contributed by atoms with van der Waals surface area (Å²) in [7, 11) is 0. The molecule has 0 amide bonds. The Morgan fingerprint density at radius 2 is 1.71 bits per heavy atom. The van der Waals surface area contributed by atoms with Gasteiger partial charge in [0.05, 0.1) is 76.4 Å². The Labute approximate surface area is 296 Å². The van der Waals surface area contributed by atoms with Gasteiger partial charge in [0.15, 0.2) is 5.60 Å². The first kappa shape index (κ1) is 37.8. The lowest BCUT2D eigenvalue weighted by Crippen LogP contribution is -2.44. The van der Waals surface area contributed by atoms with Crippen molar-refractivity contribution in [3.05, 3.63) is 86.5 Å². The Morgan fingerprint density at radius 3 is 2.37 bits per heavy atom. The van der Waals surface area contributed by atoms with Crippen LogP contribution in [0.1, 0.15) is 61.1 Å². The normalized spacial score (nSPS) is 20.1. The van der Waals surface area contributed by atoms with E-state index in [0.29, 0.717) is 87.3 Å². The van der Waals surface area contributed by atoms with Gasteiger partial charge in [-0.3, -0.25) is 4.79 Å². The van der Waals surface area contributed by atoms with E-state index >= 15 is 0 Å². The minimum atomic E-state index is -1.87. The van der Waals surface area contributed by atoms with Crippen molar-refractivity contribution in [2.24, 2.45) is 5.11 Å². The van der Waals surface area contributed by atoms with Crippen molar-refractivity contribution < 1.29 is 47.9 Å². The van der Waals surface area contributed by atoms with Crippen LogP contribution >= 0.6 is 0 Å². The summed E-state index contributed by atoms with van der Waals surface area (Å²) in [6.07, 6.45) is 3.44. The number of carbonyl (C=O) groups is 2. The van der Waals surface area contributed by atoms with Gasteiger partial charge in [-0.05, 0) is 71.7 Å². The maximum absolute atomic E-state index is 13.7. The van der Waals surface area contributed by atoms with Gasteiger partial charge in [-0.25, -0.2) is 15.1 Å². The number of benzene rings is 1. The number of aromatic nitrogens is 1. The Hall–Kier alpha value is -4.47. The van der Waals surface area contributed by atoms with E-state index in [1.54, 1.807) is 23.6 Å². The molecule has 0 saturated heterocycles. The predicted octanol–water partition coefficient (Wildman–Crippen LogP) is 4.84. The number of nitrogens with one attached hydrogen (secondary N) is 1. The second kappa shape index (κ2) is 17.6. The van der Waals surface area contributed by atoms with Gasteiger partial charge < -0.3 is 42.8 Å². The lowest BCUT2D eigenvalue weighted by atomic mass is 9.84. The fourth-order valence-corrected chi connectivity index (χ4v) is 6.41. The highest BCUT2D eigenvalue weighted by Gasteiger charge is 2.45. The molecule has 3 heterocycles. The fourth-order valence-electron chi connectivity index (χ4n) is 6.41. The number of pyridine rings is 1. The number of cyclic esters (lactones) is 1. The van der Waals surface area contributed by atoms with E-state index in [9.17, 15) is 19.5 Å². The van der Waals surface area contributed by atoms with Gasteiger partial charge in [-0.15, -0.1) is 0 Å². The highest BCUT2D eigenvalue weighted by Crippen LogP contribution is 2.43. The number of allylic oxidation sites excluding steroid dienone is 4. The van der Waals surface area contributed by atoms with Crippen LogP contribution in [0, 0.1) is 5.53 Å². The van der Waals surface area contributed by atoms with Crippen LogP contribution < -0.4 is 10.3 Å². The zero-order valence-electron chi connectivity index (χ0n) is 29.1. The molecule has 2 aliphatic heterocycles. The minimum Gasteiger partial charge on any atom is -0.458 e. The molecule has 14 heteroatoms. The van der Waals surface area contributed by atoms with Gasteiger partial charge in [0, 0.05) is 5.56 Å². The van der Waals surface area contributed by atoms with Gasteiger partial charge in [-0.1, -0.05) is 32.6 Å². The quantitative estimate of drug-likeness (QED) is 0.0939. The van der Waals surface area contributed by atoms with Gasteiger partial charge in [0.25, 0.3) is 5.56 Å². The van der Waals surface area contributed by atoms with Crippen molar-refractivity contribution in [3.8, 4) is 5.75 Å². The second-order valence-corrected chi connectivity index (χ2v) is 12.2. The Kier molecular flexibility index (Phi) is 13.1. The van der Waals surface area contributed by atoms with Crippen LogP contribution in [0.25, 0.3) is 11.1 Å². The van der Waals surface area contributed by atoms with Crippen molar-refractivity contribution in [2.45, 2.75) is 58.3 Å². The molecule has 274 valence electrons. The SMILES string of the molecule is C=C(COCCOCCOCCOCCOC(=O)Oc1ccc2c(c1)/C(CC)=C1/Cn3c(cc4c(c3=O)COC(=O)[C@]4(O)CC)/C1=C/CC2)N=N. The number of hydrogen-bond donors (Lipinski definition) is 2. The second-order valence-electron chi connectivity index (χ2n) is 12.2. The van der Waals surface area contributed by atoms with Crippen LogP contribution in [0.2, 0.25) is 0 Å². The number of aryl methyl sites for hydroxylation is 1. The molecule has 0 unspecified atom stereocenters. The molecule has 0 radical (unpaired) electrons. The molecule has 0 fully saturated rings. The molecule has 51 heavy (non-hydrogen) atoms. The lowest BCUT2D eigenvalue weighted by molar-refractivity contribution is -0.172. The predicted molar refractivity (Wildman–Crippen MR) is 184 cm³/mol. The Morgan fingerprint density at radius 1 is 1.02 bits per heavy atom. The zero-order chi connectivity index (χ0) is 36.4. The first-order valence-electron chi connectivity index (χ1n) is 17.2. The van der Waals surface area contributed by atoms with E-state index in [-0.39, 0.29) is 38.4 Å². The smallest absolute Gasteiger partial charge is 0.458 e. The molecule has 2 aromatic rings. The molecule has 14 nitrogen and oxygen atoms in total. The first-order chi connectivity index (χ1) is 24.7. The van der Waals surface area contributed by atoms with Crippen LogP contribution in [0.5, 0.6) is 5.75 Å². The van der Waals surface area contributed by atoms with Crippen LogP contribution in [-0.4, -0.2) is 81.3 Å². The number of fused-ring (bicyclic) bond motifs is 5. The van der Waals surface area contributed by atoms with Crippen molar-refractivity contribution in [1.29, 1.82) is 5.53 Å². The molecule has 1 aliphatic carbocycles. The molecule has 0 saturated carbocycles. The van der Waals surface area contributed by atoms with Crippen LogP contribution in [0.4, 0.5) is 4.79 Å². The third-order valence-corrected chi connectivity index (χ3v) is 9.04. The topological polar surface area (TPSA) is 177 Å². The summed E-state index contributed by atoms with van der Waals surface area (Å²) in [6, 6.07) is 7.30. The molecule has 0 bridgehead atoms. The third kappa shape index (κ3) is 8.71. The van der Waals surface area contributed by atoms with Crippen molar-refractivity contribution in [3.63, 3.8) is 0 Å². The van der Waals surface area contributed by atoms with E-state index in [2.05, 4.69) is 17.8 Å². The maximum atomic E-state index is 13.7. The zero-order valence-corrected chi connectivity index (χ0v) is 29.1. The fraction of sp³-hybridized carbons (Fsp3) is 0.486. The standard InChI is InChI=1S/C37H45N3O11/c1-4-27-29-19-26(51-36(43)49-18-17-47-14-13-45-11-12-46-15-16-48-22-24(3)39-38)10-9-25(29)7-6-8-28-30(27)21-40-33(28)20-32-31(34(40)41)23-50-35(42)37(32,44)5-2/h8-10,19-20,38,44H,3-7,11-18,21-23H2,1-2H3/b28-8+,30-27-,39-38?/t37-/m0/s1. The summed E-state index contributed by atoms with van der Waals surface area (Å²) in [5.74, 6) is -0.409. The van der Waals surface area contributed by atoms with Gasteiger partial charge >= 0.3 is 12.1 Å². The minimum absolute atomic E-state index is 0.00596. The van der Waals surface area contributed by atoms with Crippen LogP contribution in [0.15, 0.2) is 58.1 Å². The highest BCUT2D eigenvalue weighted by molar-refractivity contribution is 5.93. The summed E-state index contributed by atoms with van der Waals surface area (Å²) >= 11 is 0. The molecular weight excluding hydrogens is 662 g/mol. The monoisotopic (exact) mass is 707 g/mol. The summed E-state index contributed by atoms with van der Waals surface area (Å²) in [4.78, 5) is 38.8. The largest absolute Gasteiger partial charge is 0.513 e. The van der Waals surface area contributed by atoms with Gasteiger partial charge in [-0.2, -0.15) is 5.11 Å². The summed E-state index contributed by atoms with van der Waals surface area (Å²) < 4.78 is 39.2. The van der Waals surface area contributed by atoms with Gasteiger partial charge in [0.2, 0.25) is 0 Å². The van der Waals surface area contributed by atoms with E-state index in [4.69, 9.17) is 38.7 Å². The number of ether oxygens (including phenoxy) is 7. The molecule has 5 rings (SSSR count). The number of rotatable bonds is 18. The van der Waals surface area contributed by atoms with Crippen molar-refractivity contribution in [2.75, 3.05) is 59.5 Å². The number of esters is 1. The average Bonchev–Trinajstić information content (AvgIpc) is 3.47. The molecule has 3 aliphatic rings. The number of hydrogen-bond acceptors (Lipinski definition) is 13. The summed E-state index contributed by atoms with van der Waals surface area (Å²) in [6.45, 7) is 10.0. The van der Waals surface area contributed by atoms with Gasteiger partial charge in [0.1, 0.15) is 19.0 Å². The number of nitrogens with zero attached hydrogens (tertiary/aromatic N) is 2. The van der Waals surface area contributed by atoms with E-state index in [1.165, 1.54) is 0 Å². The highest BCUT2D eigenvalue weighted by atomic mass is 16.7. The maximum Gasteiger partial charge on any atom is 0.513 e. The van der Waals surface area contributed by atoms with E-state index in [0.717, 1.165) is 34.3 Å². The van der Waals surface area contributed by atoms with Crippen LogP contribution in [0.3, 0.4) is 0 Å². The Bertz CT molecular complexity index is 1760. The molecular formula is C37H45N3O11. The molecule has 1 aromatic heterocycles. The number of aliphatic hydroxyl groups is 1. The molecule has 0 spiro atoms. The Balaban J connectivity index is 1.13. The summed E-state index contributed by atoms with van der Waals surface area (Å²) in [5, 5.41) is 14.4. The summed E-state index contributed by atoms with van der Waals surface area (Å²) in [5.41, 5.74) is 11.2. The third-order valence-electron chi connectivity index (χ3n) is 9.04. The molecule has 2 N–H and O–H groups in total. The van der Waals surface area contributed by atoms with Crippen molar-refractivity contribution in [1.82, 2.24) is 4.57 Å². The lowest BCUT2D eigenvalue weighted by Gasteiger charge is -2.31. The van der Waals surface area contributed by atoms with E-state index < -0.39 is 17.7 Å². The van der Waals surface area contributed by atoms with E-state index in [1.807, 2.05) is 19.1 Å². The number of carbonyl (C=O) groups excluding carboxylic acids is 2. The van der Waals surface area contributed by atoms with Crippen molar-refractivity contribution >= 4 is 23.3 Å². The molecule has 1 atom stereocenters. The molecule has 1 aromatic carbocycles.